The van der Waals surface area contributed by atoms with E-state index in [2.05, 4.69) is 4.98 Å². The maximum absolute atomic E-state index is 11.4. The van der Waals surface area contributed by atoms with Gasteiger partial charge in [-0.2, -0.15) is 0 Å². The number of carbonyl (C=O) groups is 1. The topological polar surface area (TPSA) is 33.2 Å². The molecule has 0 saturated heterocycles. The number of nitrogens with zero attached hydrogens (tertiary/aromatic N) is 2. The van der Waals surface area contributed by atoms with Gasteiger partial charge >= 0.3 is 0 Å². The Morgan fingerprint density at radius 2 is 2.14 bits per heavy atom. The molecule has 0 aromatic carbocycles. The van der Waals surface area contributed by atoms with Crippen LogP contribution in [0, 0.1) is 0 Å². The van der Waals surface area contributed by atoms with Crippen LogP contribution >= 0.6 is 0 Å². The van der Waals surface area contributed by atoms with E-state index < -0.39 is 0 Å². The second-order valence-electron chi connectivity index (χ2n) is 3.05. The van der Waals surface area contributed by atoms with Crippen molar-refractivity contribution in [3.8, 4) is 0 Å². The number of carbonyl (C=O) groups excluding carboxylic acids is 1. The summed E-state index contributed by atoms with van der Waals surface area (Å²) >= 11 is 0. The minimum absolute atomic E-state index is 0.0179. The Morgan fingerprint density at radius 3 is 2.71 bits per heavy atom. The molecular formula is C11H14N2O. The van der Waals surface area contributed by atoms with Crippen molar-refractivity contribution in [3.05, 3.63) is 42.2 Å². The molecule has 74 valence electrons. The van der Waals surface area contributed by atoms with E-state index in [-0.39, 0.29) is 5.91 Å². The number of rotatable bonds is 3. The molecule has 3 heteroatoms. The lowest BCUT2D eigenvalue weighted by atomic mass is 10.2. The van der Waals surface area contributed by atoms with Gasteiger partial charge in [0.2, 0.25) is 5.91 Å². The van der Waals surface area contributed by atoms with E-state index in [1.54, 1.807) is 36.5 Å². The number of hydrogen-bond acceptors (Lipinski definition) is 2. The first kappa shape index (κ1) is 10.4. The van der Waals surface area contributed by atoms with Crippen molar-refractivity contribution in [3.63, 3.8) is 0 Å². The van der Waals surface area contributed by atoms with Crippen LogP contribution in [0.15, 0.2) is 36.7 Å². The number of hydrogen-bond donors (Lipinski definition) is 0. The highest BCUT2D eigenvalue weighted by Gasteiger charge is 2.04. The summed E-state index contributed by atoms with van der Waals surface area (Å²) in [6, 6.07) is 3.80. The van der Waals surface area contributed by atoms with Gasteiger partial charge in [0.15, 0.2) is 0 Å². The monoisotopic (exact) mass is 190 g/mol. The molecule has 0 atom stereocenters. The van der Waals surface area contributed by atoms with Crippen LogP contribution in [0.4, 0.5) is 0 Å². The molecule has 0 saturated carbocycles. The second-order valence-corrected chi connectivity index (χ2v) is 3.05. The van der Waals surface area contributed by atoms with Gasteiger partial charge < -0.3 is 4.90 Å². The molecule has 3 nitrogen and oxygen atoms in total. The SMILES string of the molecule is CC=CC(=O)N(C)Cc1ccncc1. The van der Waals surface area contributed by atoms with Gasteiger partial charge in [0.05, 0.1) is 0 Å². The van der Waals surface area contributed by atoms with Crippen molar-refractivity contribution in [2.24, 2.45) is 0 Å². The predicted molar refractivity (Wildman–Crippen MR) is 55.5 cm³/mol. The first-order chi connectivity index (χ1) is 6.74. The lowest BCUT2D eigenvalue weighted by Gasteiger charge is -2.14. The third-order valence-corrected chi connectivity index (χ3v) is 1.85. The zero-order valence-corrected chi connectivity index (χ0v) is 8.47. The molecule has 0 unspecified atom stereocenters. The zero-order chi connectivity index (χ0) is 10.4. The summed E-state index contributed by atoms with van der Waals surface area (Å²) in [5.41, 5.74) is 1.08. The maximum atomic E-state index is 11.4. The number of allylic oxidation sites excluding steroid dienone is 1. The fourth-order valence-electron chi connectivity index (χ4n) is 1.11. The van der Waals surface area contributed by atoms with Crippen molar-refractivity contribution in [1.29, 1.82) is 0 Å². The first-order valence-corrected chi connectivity index (χ1v) is 4.50. The Hall–Kier alpha value is -1.64. The summed E-state index contributed by atoms with van der Waals surface area (Å²) in [6.45, 7) is 2.45. The lowest BCUT2D eigenvalue weighted by Crippen LogP contribution is -2.24. The molecule has 0 bridgehead atoms. The molecule has 1 rings (SSSR count). The van der Waals surface area contributed by atoms with Crippen LogP contribution in [0.25, 0.3) is 0 Å². The Balaban J connectivity index is 2.57. The highest BCUT2D eigenvalue weighted by atomic mass is 16.2. The van der Waals surface area contributed by atoms with Crippen molar-refractivity contribution in [2.45, 2.75) is 13.5 Å². The summed E-state index contributed by atoms with van der Waals surface area (Å²) in [5.74, 6) is 0.0179. The third kappa shape index (κ3) is 3.01. The van der Waals surface area contributed by atoms with E-state index in [0.29, 0.717) is 6.54 Å². The normalized spacial score (nSPS) is 10.4. The molecule has 0 spiro atoms. The van der Waals surface area contributed by atoms with E-state index in [9.17, 15) is 4.79 Å². The molecule has 1 heterocycles. The molecule has 0 fully saturated rings. The lowest BCUT2D eigenvalue weighted by molar-refractivity contribution is -0.125. The van der Waals surface area contributed by atoms with Crippen molar-refractivity contribution in [2.75, 3.05) is 7.05 Å². The van der Waals surface area contributed by atoms with Gasteiger partial charge in [0.1, 0.15) is 0 Å². The molecule has 0 aliphatic heterocycles. The highest BCUT2D eigenvalue weighted by molar-refractivity contribution is 5.87. The number of amides is 1. The number of aromatic nitrogens is 1. The molecule has 14 heavy (non-hydrogen) atoms. The minimum Gasteiger partial charge on any atom is -0.338 e. The Labute approximate surface area is 84.1 Å². The standard InChI is InChI=1S/C11H14N2O/c1-3-4-11(14)13(2)9-10-5-7-12-8-6-10/h3-8H,9H2,1-2H3. The second kappa shape index (κ2) is 5.17. The van der Waals surface area contributed by atoms with Crippen molar-refractivity contribution >= 4 is 5.91 Å². The maximum Gasteiger partial charge on any atom is 0.246 e. The largest absolute Gasteiger partial charge is 0.338 e. The van der Waals surface area contributed by atoms with Crippen LogP contribution in [0.5, 0.6) is 0 Å². The summed E-state index contributed by atoms with van der Waals surface area (Å²) in [6.07, 6.45) is 6.75. The fourth-order valence-corrected chi connectivity index (χ4v) is 1.11. The van der Waals surface area contributed by atoms with Crippen LogP contribution in [0.1, 0.15) is 12.5 Å². The summed E-state index contributed by atoms with van der Waals surface area (Å²) in [7, 11) is 1.78. The molecule has 1 aromatic rings. The zero-order valence-electron chi connectivity index (χ0n) is 8.47. The number of likely N-dealkylation sites (N-methyl/N-ethyl adjacent to an activating group) is 1. The highest BCUT2D eigenvalue weighted by Crippen LogP contribution is 2.01. The summed E-state index contributed by atoms with van der Waals surface area (Å²) in [4.78, 5) is 16.9. The molecular weight excluding hydrogens is 176 g/mol. The van der Waals surface area contributed by atoms with Crippen molar-refractivity contribution in [1.82, 2.24) is 9.88 Å². The van der Waals surface area contributed by atoms with E-state index in [1.165, 1.54) is 0 Å². The van der Waals surface area contributed by atoms with Crippen LogP contribution < -0.4 is 0 Å². The van der Waals surface area contributed by atoms with Gasteiger partial charge in [-0.05, 0) is 30.7 Å². The van der Waals surface area contributed by atoms with E-state index in [1.807, 2.05) is 19.1 Å². The molecule has 1 aromatic heterocycles. The quantitative estimate of drug-likeness (QED) is 0.678. The van der Waals surface area contributed by atoms with Gasteiger partial charge in [0.25, 0.3) is 0 Å². The van der Waals surface area contributed by atoms with Crippen LogP contribution in [-0.4, -0.2) is 22.8 Å². The van der Waals surface area contributed by atoms with Gasteiger partial charge in [0, 0.05) is 26.0 Å². The summed E-state index contributed by atoms with van der Waals surface area (Å²) in [5, 5.41) is 0. The van der Waals surface area contributed by atoms with E-state index >= 15 is 0 Å². The molecule has 0 N–H and O–H groups in total. The Bertz CT molecular complexity index is 319. The minimum atomic E-state index is 0.0179. The van der Waals surface area contributed by atoms with Crippen molar-refractivity contribution < 1.29 is 4.79 Å². The Morgan fingerprint density at radius 1 is 1.50 bits per heavy atom. The van der Waals surface area contributed by atoms with Crippen LogP contribution in [0.3, 0.4) is 0 Å². The van der Waals surface area contributed by atoms with Gasteiger partial charge in [-0.15, -0.1) is 0 Å². The average molecular weight is 190 g/mol. The van der Waals surface area contributed by atoms with Gasteiger partial charge in [-0.25, -0.2) is 0 Å². The fraction of sp³-hybridized carbons (Fsp3) is 0.273. The summed E-state index contributed by atoms with van der Waals surface area (Å²) < 4.78 is 0. The van der Waals surface area contributed by atoms with Crippen LogP contribution in [0.2, 0.25) is 0 Å². The molecule has 0 aliphatic carbocycles. The third-order valence-electron chi connectivity index (χ3n) is 1.85. The predicted octanol–water partition coefficient (Wildman–Crippen LogP) is 1.62. The molecule has 1 amide bonds. The van der Waals surface area contributed by atoms with Gasteiger partial charge in [-0.3, -0.25) is 9.78 Å². The first-order valence-electron chi connectivity index (χ1n) is 4.50. The molecule has 0 aliphatic rings. The van der Waals surface area contributed by atoms with E-state index in [0.717, 1.165) is 5.56 Å². The average Bonchev–Trinajstić information content (AvgIpc) is 2.19. The Kier molecular flexibility index (Phi) is 3.85. The molecule has 0 radical (unpaired) electrons. The smallest absolute Gasteiger partial charge is 0.246 e. The van der Waals surface area contributed by atoms with Gasteiger partial charge in [-0.1, -0.05) is 6.08 Å². The van der Waals surface area contributed by atoms with E-state index in [4.69, 9.17) is 0 Å². The number of pyridine rings is 1. The van der Waals surface area contributed by atoms with Crippen LogP contribution in [-0.2, 0) is 11.3 Å².